The summed E-state index contributed by atoms with van der Waals surface area (Å²) in [6.45, 7) is 1.43. The van der Waals surface area contributed by atoms with Crippen molar-refractivity contribution in [2.75, 3.05) is 19.7 Å². The zero-order valence-corrected chi connectivity index (χ0v) is 11.6. The fourth-order valence-corrected chi connectivity index (χ4v) is 2.56. The number of carbonyl (C=O) groups is 1. The molecule has 1 fully saturated rings. The predicted octanol–water partition coefficient (Wildman–Crippen LogP) is 2.13. The van der Waals surface area contributed by atoms with E-state index in [-0.39, 0.29) is 6.61 Å². The highest BCUT2D eigenvalue weighted by molar-refractivity contribution is 9.10. The van der Waals surface area contributed by atoms with E-state index in [9.17, 15) is 4.79 Å². The molecule has 5 heteroatoms. The molecule has 1 saturated heterocycles. The highest BCUT2D eigenvalue weighted by Gasteiger charge is 2.35. The van der Waals surface area contributed by atoms with E-state index in [4.69, 9.17) is 9.84 Å². The highest BCUT2D eigenvalue weighted by Crippen LogP contribution is 2.35. The van der Waals surface area contributed by atoms with Crippen LogP contribution in [0.1, 0.15) is 18.4 Å². The number of carboxylic acid groups (broad SMARTS) is 1. The average molecular weight is 314 g/mol. The van der Waals surface area contributed by atoms with Gasteiger partial charge in [0.15, 0.2) is 0 Å². The van der Waals surface area contributed by atoms with Gasteiger partial charge in [0.1, 0.15) is 6.61 Å². The van der Waals surface area contributed by atoms with Gasteiger partial charge in [-0.25, -0.2) is 4.79 Å². The summed E-state index contributed by atoms with van der Waals surface area (Å²) in [5.74, 6) is -0.926. The van der Waals surface area contributed by atoms with Crippen LogP contribution in [0.15, 0.2) is 28.7 Å². The molecule has 1 aromatic rings. The first-order chi connectivity index (χ1) is 8.62. The molecule has 18 heavy (non-hydrogen) atoms. The van der Waals surface area contributed by atoms with Crippen molar-refractivity contribution in [3.05, 3.63) is 34.3 Å². The number of halogens is 1. The molecule has 1 heterocycles. The van der Waals surface area contributed by atoms with Gasteiger partial charge in [-0.05, 0) is 43.6 Å². The maximum atomic E-state index is 10.7. The fraction of sp³-hybridized carbons (Fsp3) is 0.462. The van der Waals surface area contributed by atoms with E-state index in [0.717, 1.165) is 36.0 Å². The summed E-state index contributed by atoms with van der Waals surface area (Å²) in [5, 5.41) is 12.1. The number of carboxylic acids is 1. The van der Waals surface area contributed by atoms with Gasteiger partial charge in [-0.15, -0.1) is 0 Å². The summed E-state index contributed by atoms with van der Waals surface area (Å²) in [6, 6.07) is 7.92. The molecule has 0 amide bonds. The van der Waals surface area contributed by atoms with Crippen molar-refractivity contribution in [2.24, 2.45) is 0 Å². The summed E-state index contributed by atoms with van der Waals surface area (Å²) < 4.78 is 6.71. The molecule has 2 N–H and O–H groups in total. The topological polar surface area (TPSA) is 58.6 Å². The van der Waals surface area contributed by atoms with Crippen molar-refractivity contribution < 1.29 is 14.6 Å². The predicted molar refractivity (Wildman–Crippen MR) is 71.5 cm³/mol. The summed E-state index contributed by atoms with van der Waals surface area (Å²) in [5.41, 5.74) is 0.582. The minimum absolute atomic E-state index is 0.254. The van der Waals surface area contributed by atoms with E-state index in [1.54, 1.807) is 0 Å². The van der Waals surface area contributed by atoms with Gasteiger partial charge >= 0.3 is 5.97 Å². The van der Waals surface area contributed by atoms with Gasteiger partial charge in [-0.1, -0.05) is 28.1 Å². The van der Waals surface area contributed by atoms with Crippen molar-refractivity contribution >= 4 is 21.9 Å². The Morgan fingerprint density at radius 3 is 2.50 bits per heavy atom. The molecule has 0 aliphatic carbocycles. The minimum Gasteiger partial charge on any atom is -0.480 e. The number of aliphatic carboxylic acids is 1. The zero-order chi connectivity index (χ0) is 13.0. The molecule has 4 nitrogen and oxygen atoms in total. The Morgan fingerprint density at radius 1 is 1.33 bits per heavy atom. The molecule has 1 aromatic carbocycles. The Bertz CT molecular complexity index is 413. The van der Waals surface area contributed by atoms with Crippen LogP contribution in [-0.4, -0.2) is 30.8 Å². The van der Waals surface area contributed by atoms with E-state index in [2.05, 4.69) is 21.2 Å². The third-order valence-corrected chi connectivity index (χ3v) is 3.78. The van der Waals surface area contributed by atoms with Crippen molar-refractivity contribution in [3.8, 4) is 0 Å². The normalized spacial score (nSPS) is 18.5. The van der Waals surface area contributed by atoms with Crippen molar-refractivity contribution in [1.82, 2.24) is 5.32 Å². The Kier molecular flexibility index (Phi) is 4.37. The highest BCUT2D eigenvalue weighted by atomic mass is 79.9. The first kappa shape index (κ1) is 13.5. The van der Waals surface area contributed by atoms with Crippen LogP contribution >= 0.6 is 15.9 Å². The number of hydrogen-bond donors (Lipinski definition) is 2. The molecule has 0 spiro atoms. The molecule has 0 bridgehead atoms. The van der Waals surface area contributed by atoms with Crippen LogP contribution in [0.25, 0.3) is 0 Å². The van der Waals surface area contributed by atoms with Gasteiger partial charge in [-0.3, -0.25) is 0 Å². The monoisotopic (exact) mass is 313 g/mol. The molecule has 0 atom stereocenters. The van der Waals surface area contributed by atoms with E-state index in [1.165, 1.54) is 0 Å². The molecule has 0 unspecified atom stereocenters. The number of hydrogen-bond acceptors (Lipinski definition) is 3. The van der Waals surface area contributed by atoms with Gasteiger partial charge in [-0.2, -0.15) is 0 Å². The Morgan fingerprint density at radius 2 is 1.94 bits per heavy atom. The minimum atomic E-state index is -0.926. The molecule has 2 rings (SSSR count). The third-order valence-electron chi connectivity index (χ3n) is 3.25. The summed E-state index contributed by atoms with van der Waals surface area (Å²) in [6.07, 6.45) is 1.59. The maximum absolute atomic E-state index is 10.7. The largest absolute Gasteiger partial charge is 0.480 e. The molecule has 0 radical (unpaired) electrons. The van der Waals surface area contributed by atoms with Crippen LogP contribution in [0.2, 0.25) is 0 Å². The Hall–Kier alpha value is -0.910. The van der Waals surface area contributed by atoms with Crippen LogP contribution in [0, 0.1) is 0 Å². The molecule has 1 aliphatic rings. The molecular formula is C13H16BrNO3. The number of benzene rings is 1. The lowest BCUT2D eigenvalue weighted by Crippen LogP contribution is -2.42. The van der Waals surface area contributed by atoms with Crippen molar-refractivity contribution in [1.29, 1.82) is 0 Å². The van der Waals surface area contributed by atoms with E-state index >= 15 is 0 Å². The second kappa shape index (κ2) is 5.82. The van der Waals surface area contributed by atoms with Crippen molar-refractivity contribution in [2.45, 2.75) is 18.4 Å². The van der Waals surface area contributed by atoms with E-state index in [1.807, 2.05) is 24.3 Å². The van der Waals surface area contributed by atoms with E-state index in [0.29, 0.717) is 0 Å². The zero-order valence-electron chi connectivity index (χ0n) is 9.99. The molecular weight excluding hydrogens is 298 g/mol. The lowest BCUT2D eigenvalue weighted by molar-refractivity contribution is -0.153. The number of piperidine rings is 1. The quantitative estimate of drug-likeness (QED) is 0.894. The second-order valence-corrected chi connectivity index (χ2v) is 5.35. The number of ether oxygens (including phenoxy) is 1. The average Bonchev–Trinajstić information content (AvgIpc) is 2.38. The lowest BCUT2D eigenvalue weighted by atomic mass is 9.85. The SMILES string of the molecule is O=C(O)COC1(c2ccc(Br)cc2)CCNCC1. The maximum Gasteiger partial charge on any atom is 0.329 e. The Balaban J connectivity index is 2.22. The second-order valence-electron chi connectivity index (χ2n) is 4.43. The van der Waals surface area contributed by atoms with Crippen LogP contribution in [0.5, 0.6) is 0 Å². The number of nitrogens with one attached hydrogen (secondary N) is 1. The van der Waals surface area contributed by atoms with Gasteiger partial charge in [0.2, 0.25) is 0 Å². The number of rotatable bonds is 4. The third kappa shape index (κ3) is 3.10. The smallest absolute Gasteiger partial charge is 0.329 e. The fourth-order valence-electron chi connectivity index (χ4n) is 2.30. The molecule has 1 aliphatic heterocycles. The van der Waals surface area contributed by atoms with Crippen LogP contribution in [0.4, 0.5) is 0 Å². The van der Waals surface area contributed by atoms with Gasteiger partial charge in [0.05, 0.1) is 5.60 Å². The van der Waals surface area contributed by atoms with Crippen LogP contribution in [0.3, 0.4) is 0 Å². The van der Waals surface area contributed by atoms with Gasteiger partial charge in [0, 0.05) is 4.47 Å². The summed E-state index contributed by atoms with van der Waals surface area (Å²) >= 11 is 3.40. The van der Waals surface area contributed by atoms with Gasteiger partial charge < -0.3 is 15.2 Å². The van der Waals surface area contributed by atoms with Gasteiger partial charge in [0.25, 0.3) is 0 Å². The summed E-state index contributed by atoms with van der Waals surface area (Å²) in [4.78, 5) is 10.7. The molecule has 0 saturated carbocycles. The molecule has 0 aromatic heterocycles. The van der Waals surface area contributed by atoms with Crippen LogP contribution in [-0.2, 0) is 15.1 Å². The standard InChI is InChI=1S/C13H16BrNO3/c14-11-3-1-10(2-4-11)13(18-9-12(16)17)5-7-15-8-6-13/h1-4,15H,5-9H2,(H,16,17). The first-order valence-electron chi connectivity index (χ1n) is 5.95. The first-order valence-corrected chi connectivity index (χ1v) is 6.74. The summed E-state index contributed by atoms with van der Waals surface area (Å²) in [7, 11) is 0. The lowest BCUT2D eigenvalue weighted by Gasteiger charge is -2.37. The van der Waals surface area contributed by atoms with E-state index < -0.39 is 11.6 Å². The molecule has 98 valence electrons. The Labute approximate surface area is 114 Å². The van der Waals surface area contributed by atoms with Crippen LogP contribution < -0.4 is 5.32 Å². The van der Waals surface area contributed by atoms with Crippen molar-refractivity contribution in [3.63, 3.8) is 0 Å².